The molecule has 0 aliphatic carbocycles. The van der Waals surface area contributed by atoms with Crippen molar-refractivity contribution in [1.29, 1.82) is 0 Å². The number of nitrogens with zero attached hydrogens (tertiary/aromatic N) is 5. The summed E-state index contributed by atoms with van der Waals surface area (Å²) in [7, 11) is 1.47. The number of thiophene rings is 1. The molecule has 10 heteroatoms. The van der Waals surface area contributed by atoms with Crippen molar-refractivity contribution in [1.82, 2.24) is 24.0 Å². The predicted molar refractivity (Wildman–Crippen MR) is 128 cm³/mol. The third kappa shape index (κ3) is 4.13. The molecule has 3 aromatic heterocycles. The molecule has 0 atom stereocenters. The summed E-state index contributed by atoms with van der Waals surface area (Å²) in [4.78, 5) is 51.1. The van der Waals surface area contributed by atoms with Crippen LogP contribution < -0.4 is 11.2 Å². The molecule has 0 unspecified atom stereocenters. The Hall–Kier alpha value is -2.46. The molecule has 8 nitrogen and oxygen atoms in total. The van der Waals surface area contributed by atoms with E-state index in [1.807, 2.05) is 25.7 Å². The molecule has 0 saturated carbocycles. The Kier molecular flexibility index (Phi) is 6.52. The van der Waals surface area contributed by atoms with Crippen LogP contribution in [0, 0.1) is 0 Å². The predicted octanol–water partition coefficient (Wildman–Crippen LogP) is 2.76. The van der Waals surface area contributed by atoms with Gasteiger partial charge in [0, 0.05) is 37.5 Å². The molecule has 0 radical (unpaired) electrons. The van der Waals surface area contributed by atoms with Crippen molar-refractivity contribution >= 4 is 40.0 Å². The quantitative estimate of drug-likeness (QED) is 0.404. The molecular formula is C22H27N5O3S2. The number of thioether (sulfide) groups is 1. The molecule has 170 valence electrons. The van der Waals surface area contributed by atoms with E-state index >= 15 is 0 Å². The van der Waals surface area contributed by atoms with Crippen LogP contribution in [0.5, 0.6) is 0 Å². The Morgan fingerprint density at radius 3 is 2.78 bits per heavy atom. The molecule has 4 heterocycles. The molecule has 0 N–H and O–H groups in total. The first-order valence-corrected chi connectivity index (χ1v) is 12.7. The molecule has 1 aliphatic rings. The third-order valence-corrected chi connectivity index (χ3v) is 7.61. The van der Waals surface area contributed by atoms with E-state index in [1.54, 1.807) is 15.9 Å². The maximum absolute atomic E-state index is 13.0. The fraction of sp³-hybridized carbons (Fsp3) is 0.500. The fourth-order valence-corrected chi connectivity index (χ4v) is 5.64. The number of hydrogen-bond donors (Lipinski definition) is 0. The second-order valence-electron chi connectivity index (χ2n) is 8.26. The van der Waals surface area contributed by atoms with Crippen molar-refractivity contribution in [2.45, 2.75) is 57.6 Å². The van der Waals surface area contributed by atoms with Gasteiger partial charge in [0.25, 0.3) is 5.56 Å². The first-order valence-electron chi connectivity index (χ1n) is 10.8. The van der Waals surface area contributed by atoms with E-state index < -0.39 is 5.56 Å². The molecule has 32 heavy (non-hydrogen) atoms. The van der Waals surface area contributed by atoms with Gasteiger partial charge in [-0.25, -0.2) is 14.8 Å². The molecule has 0 aromatic carbocycles. The Balaban J connectivity index is 1.71. The monoisotopic (exact) mass is 473 g/mol. The molecule has 0 bridgehead atoms. The average molecular weight is 474 g/mol. The Bertz CT molecular complexity index is 1290. The fourth-order valence-electron chi connectivity index (χ4n) is 3.82. The van der Waals surface area contributed by atoms with E-state index in [9.17, 15) is 14.4 Å². The third-order valence-electron chi connectivity index (χ3n) is 5.62. The number of hydrogen-bond acceptors (Lipinski definition) is 7. The molecule has 0 fully saturated rings. The zero-order chi connectivity index (χ0) is 23.0. The van der Waals surface area contributed by atoms with Crippen molar-refractivity contribution in [3.63, 3.8) is 0 Å². The zero-order valence-corrected chi connectivity index (χ0v) is 20.4. The highest BCUT2D eigenvalue weighted by Gasteiger charge is 2.24. The number of aryl methyl sites for hydroxylation is 1. The van der Waals surface area contributed by atoms with Gasteiger partial charge >= 0.3 is 5.69 Å². The van der Waals surface area contributed by atoms with E-state index in [2.05, 4.69) is 21.4 Å². The number of carbonyl (C=O) groups excluding carboxylic acids is 1. The first-order chi connectivity index (χ1) is 15.3. The summed E-state index contributed by atoms with van der Waals surface area (Å²) >= 11 is 2.99. The van der Waals surface area contributed by atoms with E-state index in [0.29, 0.717) is 41.5 Å². The van der Waals surface area contributed by atoms with Crippen molar-refractivity contribution in [3.05, 3.63) is 48.5 Å². The van der Waals surface area contributed by atoms with Crippen molar-refractivity contribution in [3.8, 4) is 0 Å². The molecule has 0 saturated heterocycles. The van der Waals surface area contributed by atoms with Crippen molar-refractivity contribution < 1.29 is 4.79 Å². The molecule has 1 amide bonds. The number of aromatic nitrogens is 4. The Morgan fingerprint density at radius 1 is 1.28 bits per heavy atom. The highest BCUT2D eigenvalue weighted by Crippen LogP contribution is 2.27. The van der Waals surface area contributed by atoms with Gasteiger partial charge in [0.2, 0.25) is 5.91 Å². The summed E-state index contributed by atoms with van der Waals surface area (Å²) in [6.45, 7) is 7.69. The van der Waals surface area contributed by atoms with Gasteiger partial charge < -0.3 is 4.90 Å². The highest BCUT2D eigenvalue weighted by molar-refractivity contribution is 8.00. The van der Waals surface area contributed by atoms with Gasteiger partial charge in [-0.2, -0.15) is 0 Å². The van der Waals surface area contributed by atoms with Crippen LogP contribution in [0.25, 0.3) is 11.0 Å². The number of fused-ring (bicyclic) bond motifs is 2. The van der Waals surface area contributed by atoms with E-state index in [4.69, 9.17) is 0 Å². The van der Waals surface area contributed by atoms with E-state index in [1.165, 1.54) is 29.3 Å². The summed E-state index contributed by atoms with van der Waals surface area (Å²) in [5.41, 5.74) is 0.759. The standard InChI is InChI=1S/C22H27N5O3S2/c1-5-8-27-19-17(21(29)25(4)22(27)30)20(24-18(23-19)13(2)3)32-12-16(28)26-9-6-15-14(11-26)7-10-31-15/h7,10,13H,5-6,8-9,11-12H2,1-4H3. The van der Waals surface area contributed by atoms with Crippen LogP contribution in [0.15, 0.2) is 26.1 Å². The minimum absolute atomic E-state index is 0.0165. The van der Waals surface area contributed by atoms with Gasteiger partial charge in [-0.3, -0.25) is 18.7 Å². The molecule has 3 aromatic rings. The minimum Gasteiger partial charge on any atom is -0.337 e. The maximum atomic E-state index is 13.0. The van der Waals surface area contributed by atoms with E-state index in [-0.39, 0.29) is 23.3 Å². The largest absolute Gasteiger partial charge is 0.337 e. The van der Waals surface area contributed by atoms with Gasteiger partial charge in [-0.05, 0) is 29.9 Å². The lowest BCUT2D eigenvalue weighted by atomic mass is 10.1. The Labute approximate surface area is 194 Å². The number of rotatable bonds is 6. The smallest absolute Gasteiger partial charge is 0.332 e. The average Bonchev–Trinajstić information content (AvgIpc) is 3.26. The van der Waals surface area contributed by atoms with Crippen LogP contribution in [0.4, 0.5) is 0 Å². The molecule has 1 aliphatic heterocycles. The maximum Gasteiger partial charge on any atom is 0.332 e. The highest BCUT2D eigenvalue weighted by atomic mass is 32.2. The van der Waals surface area contributed by atoms with E-state index in [0.717, 1.165) is 17.4 Å². The minimum atomic E-state index is -0.427. The number of carbonyl (C=O) groups is 1. The van der Waals surface area contributed by atoms with Crippen LogP contribution in [0.3, 0.4) is 0 Å². The van der Waals surface area contributed by atoms with Crippen LogP contribution >= 0.6 is 23.1 Å². The van der Waals surface area contributed by atoms with Crippen molar-refractivity contribution in [2.75, 3.05) is 12.3 Å². The molecule has 0 spiro atoms. The van der Waals surface area contributed by atoms with Crippen LogP contribution in [0.1, 0.15) is 49.4 Å². The van der Waals surface area contributed by atoms with Crippen LogP contribution in [-0.2, 0) is 31.4 Å². The Morgan fingerprint density at radius 2 is 2.06 bits per heavy atom. The summed E-state index contributed by atoms with van der Waals surface area (Å²) in [6.07, 6.45) is 1.61. The van der Waals surface area contributed by atoms with Crippen molar-refractivity contribution in [2.24, 2.45) is 7.05 Å². The van der Waals surface area contributed by atoms with Gasteiger partial charge in [-0.15, -0.1) is 11.3 Å². The SMILES string of the molecule is CCCn1c(=O)n(C)c(=O)c2c(SCC(=O)N3CCc4sccc4C3)nc(C(C)C)nc21. The lowest BCUT2D eigenvalue weighted by Crippen LogP contribution is -2.39. The normalized spacial score (nSPS) is 13.7. The topological polar surface area (TPSA) is 90.1 Å². The summed E-state index contributed by atoms with van der Waals surface area (Å²) in [6, 6.07) is 2.08. The van der Waals surface area contributed by atoms with Gasteiger partial charge in [-0.1, -0.05) is 32.5 Å². The van der Waals surface area contributed by atoms with Gasteiger partial charge in [0.1, 0.15) is 16.2 Å². The second kappa shape index (κ2) is 9.19. The first kappa shape index (κ1) is 22.7. The lowest BCUT2D eigenvalue weighted by Gasteiger charge is -2.27. The van der Waals surface area contributed by atoms with Gasteiger partial charge in [0.05, 0.1) is 5.75 Å². The molecular weight excluding hydrogens is 446 g/mol. The summed E-state index contributed by atoms with van der Waals surface area (Å²) in [5.74, 6) is 0.774. The lowest BCUT2D eigenvalue weighted by molar-refractivity contribution is -0.129. The van der Waals surface area contributed by atoms with Gasteiger partial charge in [0.15, 0.2) is 5.65 Å². The zero-order valence-electron chi connectivity index (χ0n) is 18.8. The second-order valence-corrected chi connectivity index (χ2v) is 10.2. The summed E-state index contributed by atoms with van der Waals surface area (Å²) in [5, 5.41) is 2.84. The summed E-state index contributed by atoms with van der Waals surface area (Å²) < 4.78 is 2.64. The van der Waals surface area contributed by atoms with Crippen LogP contribution in [0.2, 0.25) is 0 Å². The molecule has 4 rings (SSSR count). The van der Waals surface area contributed by atoms with Crippen LogP contribution in [-0.4, -0.2) is 42.2 Å². The number of amides is 1.